The van der Waals surface area contributed by atoms with E-state index in [0.29, 0.717) is 0 Å². The minimum absolute atomic E-state index is 0.184. The van der Waals surface area contributed by atoms with E-state index in [1.807, 2.05) is 0 Å². The quantitative estimate of drug-likeness (QED) is 0.775. The minimum atomic E-state index is -0.721. The van der Waals surface area contributed by atoms with Crippen LogP contribution in [0.2, 0.25) is 0 Å². The summed E-state index contributed by atoms with van der Waals surface area (Å²) in [6, 6.07) is 4.33. The Balaban J connectivity index is 2.64. The van der Waals surface area contributed by atoms with Crippen LogP contribution in [0.3, 0.4) is 0 Å². The minimum Gasteiger partial charge on any atom is -0.267 e. The monoisotopic (exact) mass is 208 g/mol. The fourth-order valence-corrected chi connectivity index (χ4v) is 1.28. The number of hydrogen-bond donors (Lipinski definition) is 1. The molecule has 2 rings (SSSR count). The number of nitrogens with zero attached hydrogens (tertiary/aromatic N) is 1. The Labute approximate surface area is 83.4 Å². The third-order valence-corrected chi connectivity index (χ3v) is 1.90. The largest absolute Gasteiger partial charge is 0.272 e. The summed E-state index contributed by atoms with van der Waals surface area (Å²) in [7, 11) is 0. The third kappa shape index (κ3) is 1.90. The van der Waals surface area contributed by atoms with E-state index in [4.69, 9.17) is 0 Å². The van der Waals surface area contributed by atoms with Crippen LogP contribution in [-0.2, 0) is 0 Å². The first kappa shape index (κ1) is 9.51. The highest BCUT2D eigenvalue weighted by Crippen LogP contribution is 2.17. The zero-order valence-electron chi connectivity index (χ0n) is 7.50. The summed E-state index contributed by atoms with van der Waals surface area (Å²) in [5, 5.41) is 5.68. The van der Waals surface area contributed by atoms with E-state index in [0.717, 1.165) is 18.2 Å². The smallest absolute Gasteiger partial charge is 0.267 e. The molecule has 1 heterocycles. The number of rotatable bonds is 1. The third-order valence-electron chi connectivity index (χ3n) is 1.90. The van der Waals surface area contributed by atoms with Gasteiger partial charge in [0.15, 0.2) is 0 Å². The summed E-state index contributed by atoms with van der Waals surface area (Å²) < 4.78 is 25.8. The van der Waals surface area contributed by atoms with Crippen LogP contribution >= 0.6 is 0 Å². The van der Waals surface area contributed by atoms with Crippen molar-refractivity contribution in [1.29, 1.82) is 0 Å². The van der Waals surface area contributed by atoms with Crippen LogP contribution < -0.4 is 5.56 Å². The second-order valence-electron chi connectivity index (χ2n) is 2.96. The molecule has 1 aromatic carbocycles. The summed E-state index contributed by atoms with van der Waals surface area (Å²) >= 11 is 0. The van der Waals surface area contributed by atoms with Gasteiger partial charge in [-0.3, -0.25) is 4.79 Å². The Bertz CT molecular complexity index is 531. The van der Waals surface area contributed by atoms with Gasteiger partial charge >= 0.3 is 0 Å². The molecular weight excluding hydrogens is 202 g/mol. The van der Waals surface area contributed by atoms with Gasteiger partial charge in [-0.2, -0.15) is 5.10 Å². The molecule has 0 spiro atoms. The van der Waals surface area contributed by atoms with Gasteiger partial charge in [-0.25, -0.2) is 13.9 Å². The van der Waals surface area contributed by atoms with Crippen LogP contribution in [0.1, 0.15) is 0 Å². The molecule has 0 aliphatic heterocycles. The van der Waals surface area contributed by atoms with E-state index in [1.165, 1.54) is 12.3 Å². The van der Waals surface area contributed by atoms with Crippen LogP contribution in [0.25, 0.3) is 11.1 Å². The van der Waals surface area contributed by atoms with Crippen LogP contribution in [0.5, 0.6) is 0 Å². The maximum absolute atomic E-state index is 12.9. The predicted octanol–water partition coefficient (Wildman–Crippen LogP) is 1.72. The first-order valence-electron chi connectivity index (χ1n) is 4.17. The van der Waals surface area contributed by atoms with Crippen molar-refractivity contribution in [3.05, 3.63) is 52.5 Å². The molecule has 1 N–H and O–H groups in total. The number of aromatic amines is 1. The van der Waals surface area contributed by atoms with Gasteiger partial charge in [0.25, 0.3) is 5.56 Å². The fraction of sp³-hybridized carbons (Fsp3) is 0. The van der Waals surface area contributed by atoms with Gasteiger partial charge in [-0.05, 0) is 23.8 Å². The van der Waals surface area contributed by atoms with E-state index >= 15 is 0 Å². The molecule has 0 saturated carbocycles. The standard InChI is InChI=1S/C10H6F2N2O/c11-7-3-6(4-8(12)5-7)9-1-2-13-14-10(9)15/h1-5H,(H,14,15). The van der Waals surface area contributed by atoms with Gasteiger partial charge in [0.1, 0.15) is 11.6 Å². The molecule has 1 aromatic heterocycles. The number of H-pyrrole nitrogens is 1. The van der Waals surface area contributed by atoms with Crippen LogP contribution in [-0.4, -0.2) is 10.2 Å². The second-order valence-corrected chi connectivity index (χ2v) is 2.96. The molecule has 0 radical (unpaired) electrons. The SMILES string of the molecule is O=c1[nH]nccc1-c1cc(F)cc(F)c1. The molecule has 3 nitrogen and oxygen atoms in total. The molecule has 0 aliphatic carbocycles. The van der Waals surface area contributed by atoms with Gasteiger partial charge in [0.2, 0.25) is 0 Å². The molecule has 15 heavy (non-hydrogen) atoms. The molecule has 0 bridgehead atoms. The Kier molecular flexibility index (Phi) is 2.29. The Morgan fingerprint density at radius 2 is 1.80 bits per heavy atom. The zero-order valence-corrected chi connectivity index (χ0v) is 7.50. The Morgan fingerprint density at radius 1 is 1.13 bits per heavy atom. The van der Waals surface area contributed by atoms with Crippen molar-refractivity contribution in [3.8, 4) is 11.1 Å². The molecule has 0 fully saturated rings. The Morgan fingerprint density at radius 3 is 2.40 bits per heavy atom. The number of halogens is 2. The normalized spacial score (nSPS) is 10.3. The molecule has 76 valence electrons. The topological polar surface area (TPSA) is 45.8 Å². The highest BCUT2D eigenvalue weighted by Gasteiger charge is 2.06. The van der Waals surface area contributed by atoms with Gasteiger partial charge < -0.3 is 0 Å². The van der Waals surface area contributed by atoms with Crippen LogP contribution in [0, 0.1) is 11.6 Å². The molecular formula is C10H6F2N2O. The lowest BCUT2D eigenvalue weighted by atomic mass is 10.1. The van der Waals surface area contributed by atoms with E-state index in [2.05, 4.69) is 10.2 Å². The van der Waals surface area contributed by atoms with Crippen LogP contribution in [0.15, 0.2) is 35.3 Å². The Hall–Kier alpha value is -2.04. The average Bonchev–Trinajstić information content (AvgIpc) is 2.16. The second kappa shape index (κ2) is 3.61. The molecule has 0 amide bonds. The van der Waals surface area contributed by atoms with Crippen molar-refractivity contribution in [3.63, 3.8) is 0 Å². The molecule has 2 aromatic rings. The van der Waals surface area contributed by atoms with Crippen molar-refractivity contribution in [2.45, 2.75) is 0 Å². The van der Waals surface area contributed by atoms with Gasteiger partial charge in [0.05, 0.1) is 5.56 Å². The molecule has 0 unspecified atom stereocenters. The first-order valence-corrected chi connectivity index (χ1v) is 4.17. The summed E-state index contributed by atoms with van der Waals surface area (Å²) in [6.45, 7) is 0. The van der Waals surface area contributed by atoms with Gasteiger partial charge in [-0.15, -0.1) is 0 Å². The lowest BCUT2D eigenvalue weighted by Crippen LogP contribution is -2.09. The lowest BCUT2D eigenvalue weighted by Gasteiger charge is -2.00. The highest BCUT2D eigenvalue weighted by molar-refractivity contribution is 5.61. The number of benzene rings is 1. The van der Waals surface area contributed by atoms with Crippen molar-refractivity contribution in [2.75, 3.05) is 0 Å². The van der Waals surface area contributed by atoms with E-state index < -0.39 is 17.2 Å². The molecule has 0 aliphatic rings. The lowest BCUT2D eigenvalue weighted by molar-refractivity contribution is 0.584. The van der Waals surface area contributed by atoms with Crippen molar-refractivity contribution in [2.24, 2.45) is 0 Å². The summed E-state index contributed by atoms with van der Waals surface area (Å²) in [6.07, 6.45) is 1.35. The summed E-state index contributed by atoms with van der Waals surface area (Å²) in [4.78, 5) is 11.3. The molecule has 0 saturated heterocycles. The summed E-state index contributed by atoms with van der Waals surface area (Å²) in [5.74, 6) is -1.44. The first-order chi connectivity index (χ1) is 7.16. The van der Waals surface area contributed by atoms with Crippen molar-refractivity contribution >= 4 is 0 Å². The van der Waals surface area contributed by atoms with E-state index in [-0.39, 0.29) is 11.1 Å². The highest BCUT2D eigenvalue weighted by atomic mass is 19.1. The average molecular weight is 208 g/mol. The molecule has 5 heteroatoms. The van der Waals surface area contributed by atoms with Gasteiger partial charge in [-0.1, -0.05) is 0 Å². The van der Waals surface area contributed by atoms with Crippen LogP contribution in [0.4, 0.5) is 8.78 Å². The predicted molar refractivity (Wildman–Crippen MR) is 50.2 cm³/mol. The molecule has 0 atom stereocenters. The number of aromatic nitrogens is 2. The summed E-state index contributed by atoms with van der Waals surface area (Å²) in [5.41, 5.74) is -0.109. The maximum atomic E-state index is 12.9. The van der Waals surface area contributed by atoms with E-state index in [9.17, 15) is 13.6 Å². The van der Waals surface area contributed by atoms with E-state index in [1.54, 1.807) is 0 Å². The van der Waals surface area contributed by atoms with Crippen molar-refractivity contribution in [1.82, 2.24) is 10.2 Å². The van der Waals surface area contributed by atoms with Crippen molar-refractivity contribution < 1.29 is 8.78 Å². The zero-order chi connectivity index (χ0) is 10.8. The number of nitrogens with one attached hydrogen (secondary N) is 1. The maximum Gasteiger partial charge on any atom is 0.272 e. The fourth-order valence-electron chi connectivity index (χ4n) is 1.28. The van der Waals surface area contributed by atoms with Gasteiger partial charge in [0, 0.05) is 12.3 Å². The number of hydrogen-bond acceptors (Lipinski definition) is 2.